The summed E-state index contributed by atoms with van der Waals surface area (Å²) >= 11 is 0. The van der Waals surface area contributed by atoms with Gasteiger partial charge in [0.15, 0.2) is 5.82 Å². The first kappa shape index (κ1) is 17.8. The molecular weight excluding hydrogens is 330 g/mol. The molecule has 0 fully saturated rings. The highest BCUT2D eigenvalue weighted by Gasteiger charge is 2.22. The van der Waals surface area contributed by atoms with Gasteiger partial charge in [0.25, 0.3) is 0 Å². The van der Waals surface area contributed by atoms with Gasteiger partial charge in [0, 0.05) is 17.8 Å². The maximum absolute atomic E-state index is 12.4. The first-order valence-electron chi connectivity index (χ1n) is 8.51. The van der Waals surface area contributed by atoms with Crippen molar-refractivity contribution in [3.63, 3.8) is 0 Å². The summed E-state index contributed by atoms with van der Waals surface area (Å²) in [6.07, 6.45) is 2.54. The van der Waals surface area contributed by atoms with Gasteiger partial charge in [-0.15, -0.1) is 10.2 Å². The standard InChI is InChI=1S/C18H23N7O/c1-12-16(13(2)23-22-12)17(19)18(26)20-10-15-24-21-11-25(15)9-8-14-6-4-3-5-7-14/h3-7,11,17H,8-10,19H2,1-2H3,(H,20,26)(H,22,23). The molecule has 2 aromatic heterocycles. The number of nitrogens with one attached hydrogen (secondary N) is 2. The van der Waals surface area contributed by atoms with Crippen molar-refractivity contribution in [2.75, 3.05) is 0 Å². The van der Waals surface area contributed by atoms with Crippen LogP contribution in [-0.2, 0) is 24.3 Å². The number of aromatic nitrogens is 5. The summed E-state index contributed by atoms with van der Waals surface area (Å²) in [4.78, 5) is 12.4. The molecule has 0 spiro atoms. The van der Waals surface area contributed by atoms with E-state index in [1.54, 1.807) is 6.33 Å². The molecule has 0 saturated heterocycles. The molecule has 3 aromatic rings. The van der Waals surface area contributed by atoms with E-state index < -0.39 is 6.04 Å². The molecule has 1 unspecified atom stereocenters. The van der Waals surface area contributed by atoms with Crippen LogP contribution in [-0.4, -0.2) is 30.9 Å². The van der Waals surface area contributed by atoms with Gasteiger partial charge in [-0.25, -0.2) is 0 Å². The van der Waals surface area contributed by atoms with Crippen LogP contribution < -0.4 is 11.1 Å². The number of carbonyl (C=O) groups is 1. The quantitative estimate of drug-likeness (QED) is 0.590. The Morgan fingerprint density at radius 2 is 2.08 bits per heavy atom. The van der Waals surface area contributed by atoms with Crippen LogP contribution in [0, 0.1) is 13.8 Å². The molecule has 1 aromatic carbocycles. The number of amides is 1. The second-order valence-electron chi connectivity index (χ2n) is 6.22. The van der Waals surface area contributed by atoms with E-state index in [9.17, 15) is 4.79 Å². The molecule has 0 aliphatic heterocycles. The zero-order valence-corrected chi connectivity index (χ0v) is 14.9. The Balaban J connectivity index is 1.58. The molecule has 0 saturated carbocycles. The van der Waals surface area contributed by atoms with Crippen molar-refractivity contribution in [1.82, 2.24) is 30.3 Å². The average molecular weight is 353 g/mol. The van der Waals surface area contributed by atoms with Crippen LogP contribution in [0.1, 0.15) is 34.4 Å². The van der Waals surface area contributed by atoms with Crippen molar-refractivity contribution in [2.45, 2.75) is 39.4 Å². The molecule has 0 bridgehead atoms. The molecule has 3 rings (SSSR count). The van der Waals surface area contributed by atoms with Gasteiger partial charge in [-0.05, 0) is 25.8 Å². The topological polar surface area (TPSA) is 115 Å². The molecule has 26 heavy (non-hydrogen) atoms. The highest BCUT2D eigenvalue weighted by molar-refractivity contribution is 5.83. The van der Waals surface area contributed by atoms with Gasteiger partial charge in [0.2, 0.25) is 5.91 Å². The van der Waals surface area contributed by atoms with E-state index in [2.05, 4.69) is 37.8 Å². The van der Waals surface area contributed by atoms with Crippen molar-refractivity contribution in [3.8, 4) is 0 Å². The summed E-state index contributed by atoms with van der Waals surface area (Å²) in [6, 6.07) is 9.43. The summed E-state index contributed by atoms with van der Waals surface area (Å²) in [5, 5.41) is 17.8. The third kappa shape index (κ3) is 3.97. The molecule has 136 valence electrons. The van der Waals surface area contributed by atoms with Gasteiger partial charge in [-0.2, -0.15) is 5.10 Å². The Bertz CT molecular complexity index is 849. The number of H-pyrrole nitrogens is 1. The van der Waals surface area contributed by atoms with E-state index in [1.165, 1.54) is 5.56 Å². The first-order chi connectivity index (χ1) is 12.6. The monoisotopic (exact) mass is 353 g/mol. The normalized spacial score (nSPS) is 12.1. The van der Waals surface area contributed by atoms with Gasteiger partial charge in [0.1, 0.15) is 12.4 Å². The van der Waals surface area contributed by atoms with Crippen LogP contribution in [0.3, 0.4) is 0 Å². The van der Waals surface area contributed by atoms with Gasteiger partial charge in [0.05, 0.1) is 12.2 Å². The second-order valence-corrected chi connectivity index (χ2v) is 6.22. The minimum absolute atomic E-state index is 0.268. The first-order valence-corrected chi connectivity index (χ1v) is 8.51. The number of hydrogen-bond donors (Lipinski definition) is 3. The van der Waals surface area contributed by atoms with Crippen molar-refractivity contribution in [1.29, 1.82) is 0 Å². The average Bonchev–Trinajstić information content (AvgIpc) is 3.24. The van der Waals surface area contributed by atoms with Gasteiger partial charge < -0.3 is 15.6 Å². The fraction of sp³-hybridized carbons (Fsp3) is 0.333. The molecule has 1 amide bonds. The van der Waals surface area contributed by atoms with E-state index in [0.29, 0.717) is 5.82 Å². The number of benzene rings is 1. The molecule has 2 heterocycles. The van der Waals surface area contributed by atoms with Crippen molar-refractivity contribution in [3.05, 3.63) is 65.0 Å². The van der Waals surface area contributed by atoms with Gasteiger partial charge in [-0.3, -0.25) is 9.89 Å². The van der Waals surface area contributed by atoms with E-state index in [0.717, 1.165) is 29.9 Å². The van der Waals surface area contributed by atoms with Crippen LogP contribution in [0.25, 0.3) is 0 Å². The van der Waals surface area contributed by atoms with E-state index in [-0.39, 0.29) is 12.5 Å². The van der Waals surface area contributed by atoms with Crippen molar-refractivity contribution in [2.24, 2.45) is 5.73 Å². The number of aromatic amines is 1. The van der Waals surface area contributed by atoms with Crippen molar-refractivity contribution < 1.29 is 4.79 Å². The van der Waals surface area contributed by atoms with Crippen LogP contribution >= 0.6 is 0 Å². The summed E-state index contributed by atoms with van der Waals surface area (Å²) in [6.45, 7) is 4.69. The Morgan fingerprint density at radius 3 is 2.77 bits per heavy atom. The van der Waals surface area contributed by atoms with Crippen LogP contribution in [0.15, 0.2) is 36.7 Å². The maximum atomic E-state index is 12.4. The Labute approximate surface area is 151 Å². The van der Waals surface area contributed by atoms with Crippen LogP contribution in [0.4, 0.5) is 0 Å². The highest BCUT2D eigenvalue weighted by atomic mass is 16.2. The van der Waals surface area contributed by atoms with Gasteiger partial charge in [-0.1, -0.05) is 30.3 Å². The van der Waals surface area contributed by atoms with Crippen LogP contribution in [0.2, 0.25) is 0 Å². The molecular formula is C18H23N7O. The Morgan fingerprint density at radius 1 is 1.31 bits per heavy atom. The third-order valence-corrected chi connectivity index (χ3v) is 4.38. The molecule has 4 N–H and O–H groups in total. The lowest BCUT2D eigenvalue weighted by Crippen LogP contribution is -2.35. The lowest BCUT2D eigenvalue weighted by Gasteiger charge is -2.13. The Hall–Kier alpha value is -3.00. The molecule has 1 atom stereocenters. The molecule has 8 nitrogen and oxygen atoms in total. The molecule has 0 radical (unpaired) electrons. The zero-order valence-electron chi connectivity index (χ0n) is 14.9. The zero-order chi connectivity index (χ0) is 18.5. The fourth-order valence-electron chi connectivity index (χ4n) is 2.92. The van der Waals surface area contributed by atoms with E-state index in [4.69, 9.17) is 5.73 Å². The SMILES string of the molecule is Cc1n[nH]c(C)c1C(N)C(=O)NCc1nncn1CCc1ccccc1. The predicted molar refractivity (Wildman–Crippen MR) is 97.0 cm³/mol. The van der Waals surface area contributed by atoms with Crippen molar-refractivity contribution >= 4 is 5.91 Å². The van der Waals surface area contributed by atoms with Crippen LogP contribution in [0.5, 0.6) is 0 Å². The largest absolute Gasteiger partial charge is 0.347 e. The third-order valence-electron chi connectivity index (χ3n) is 4.38. The number of nitrogens with zero attached hydrogens (tertiary/aromatic N) is 4. The number of carbonyl (C=O) groups excluding carboxylic acids is 1. The molecule has 8 heteroatoms. The summed E-state index contributed by atoms with van der Waals surface area (Å²) < 4.78 is 1.94. The number of aryl methyl sites for hydroxylation is 4. The fourth-order valence-corrected chi connectivity index (χ4v) is 2.92. The Kier molecular flexibility index (Phi) is 5.43. The molecule has 0 aliphatic carbocycles. The molecule has 0 aliphatic rings. The number of rotatable bonds is 7. The minimum atomic E-state index is -0.769. The highest BCUT2D eigenvalue weighted by Crippen LogP contribution is 2.17. The van der Waals surface area contributed by atoms with E-state index in [1.807, 2.05) is 36.6 Å². The predicted octanol–water partition coefficient (Wildman–Crippen LogP) is 1.18. The summed E-state index contributed by atoms with van der Waals surface area (Å²) in [5.74, 6) is 0.428. The van der Waals surface area contributed by atoms with Gasteiger partial charge >= 0.3 is 0 Å². The second kappa shape index (κ2) is 7.92. The lowest BCUT2D eigenvalue weighted by atomic mass is 10.1. The number of nitrogens with two attached hydrogens (primary N) is 1. The summed E-state index contributed by atoms with van der Waals surface area (Å²) in [5.41, 5.74) is 9.59. The number of hydrogen-bond acceptors (Lipinski definition) is 5. The summed E-state index contributed by atoms with van der Waals surface area (Å²) in [7, 11) is 0. The van der Waals surface area contributed by atoms with E-state index >= 15 is 0 Å². The maximum Gasteiger partial charge on any atom is 0.242 e. The smallest absolute Gasteiger partial charge is 0.242 e. The lowest BCUT2D eigenvalue weighted by molar-refractivity contribution is -0.122. The minimum Gasteiger partial charge on any atom is -0.347 e.